The summed E-state index contributed by atoms with van der Waals surface area (Å²) in [5.41, 5.74) is 11.8. The number of hydrogen-bond donors (Lipinski definition) is 2. The average molecular weight is 541 g/mol. The number of rotatable bonds is 7. The Morgan fingerprint density at radius 3 is 2.56 bits per heavy atom. The molecule has 0 saturated heterocycles. The van der Waals surface area contributed by atoms with Crippen LogP contribution in [0.2, 0.25) is 5.02 Å². The quantitative estimate of drug-likeness (QED) is 0.246. The first kappa shape index (κ1) is 25.9. The number of nitrogens with zero attached hydrogens (tertiary/aromatic N) is 2. The Kier molecular flexibility index (Phi) is 7.29. The van der Waals surface area contributed by atoms with Gasteiger partial charge in [0.25, 0.3) is 11.8 Å². The molecule has 0 fully saturated rings. The van der Waals surface area contributed by atoms with Gasteiger partial charge in [0, 0.05) is 22.9 Å². The topological polar surface area (TPSA) is 116 Å². The van der Waals surface area contributed by atoms with E-state index >= 15 is 0 Å². The zero-order valence-electron chi connectivity index (χ0n) is 21.1. The largest absolute Gasteiger partial charge is 0.463 e. The van der Waals surface area contributed by atoms with Crippen LogP contribution in [0.5, 0.6) is 0 Å². The molecule has 196 valence electrons. The number of carbonyl (C=O) groups excluding carboxylic acids is 3. The molecule has 0 saturated carbocycles. The van der Waals surface area contributed by atoms with Crippen LogP contribution in [0.15, 0.2) is 72.8 Å². The van der Waals surface area contributed by atoms with Crippen LogP contribution in [0.1, 0.15) is 44.5 Å². The van der Waals surface area contributed by atoms with Gasteiger partial charge in [-0.05, 0) is 73.4 Å². The predicted molar refractivity (Wildman–Crippen MR) is 150 cm³/mol. The fourth-order valence-electron chi connectivity index (χ4n) is 4.63. The molecular formula is C30H25ClN4O4. The monoisotopic (exact) mass is 540 g/mol. The molecule has 8 nitrogen and oxygen atoms in total. The van der Waals surface area contributed by atoms with Crippen molar-refractivity contribution in [1.29, 1.82) is 0 Å². The van der Waals surface area contributed by atoms with E-state index in [0.29, 0.717) is 41.4 Å². The van der Waals surface area contributed by atoms with E-state index in [9.17, 15) is 14.4 Å². The van der Waals surface area contributed by atoms with Crippen LogP contribution in [0.25, 0.3) is 23.0 Å². The van der Waals surface area contributed by atoms with Crippen LogP contribution in [-0.4, -0.2) is 34.2 Å². The maximum Gasteiger partial charge on any atom is 0.330 e. The van der Waals surface area contributed by atoms with Gasteiger partial charge in [-0.3, -0.25) is 9.59 Å². The first-order valence-electron chi connectivity index (χ1n) is 12.4. The molecule has 5 rings (SSSR count). The van der Waals surface area contributed by atoms with Gasteiger partial charge in [0.05, 0.1) is 28.6 Å². The summed E-state index contributed by atoms with van der Waals surface area (Å²) in [6.45, 7) is 2.06. The summed E-state index contributed by atoms with van der Waals surface area (Å²) >= 11 is 6.21. The van der Waals surface area contributed by atoms with Crippen molar-refractivity contribution in [3.63, 3.8) is 0 Å². The molecule has 1 aliphatic carbocycles. The highest BCUT2D eigenvalue weighted by Gasteiger charge is 2.28. The number of carbonyl (C=O) groups is 3. The molecule has 1 aliphatic rings. The molecule has 1 heterocycles. The van der Waals surface area contributed by atoms with Crippen molar-refractivity contribution < 1.29 is 19.1 Å². The van der Waals surface area contributed by atoms with E-state index in [-0.39, 0.29) is 11.6 Å². The molecule has 3 aromatic carbocycles. The molecule has 4 aromatic rings. The van der Waals surface area contributed by atoms with Crippen LogP contribution >= 0.6 is 11.6 Å². The number of aryl methyl sites for hydroxylation is 1. The van der Waals surface area contributed by atoms with Crippen LogP contribution in [0, 0.1) is 0 Å². The highest BCUT2D eigenvalue weighted by Crippen LogP contribution is 2.38. The summed E-state index contributed by atoms with van der Waals surface area (Å²) in [5.74, 6) is -1.34. The predicted octanol–water partition coefficient (Wildman–Crippen LogP) is 5.22. The molecule has 39 heavy (non-hydrogen) atoms. The van der Waals surface area contributed by atoms with Crippen molar-refractivity contribution in [1.82, 2.24) is 9.78 Å². The SMILES string of the molecule is CCOC(=O)C=Cc1ccc(-n2nc(C(N)=O)c3c2-c2cc(NC(=O)c4ccccc4Cl)ccc2CC3)cc1. The smallest absolute Gasteiger partial charge is 0.330 e. The molecule has 0 atom stereocenters. The summed E-state index contributed by atoms with van der Waals surface area (Å²) in [6, 6.07) is 19.9. The summed E-state index contributed by atoms with van der Waals surface area (Å²) < 4.78 is 6.63. The molecular weight excluding hydrogens is 516 g/mol. The minimum Gasteiger partial charge on any atom is -0.463 e. The highest BCUT2D eigenvalue weighted by atomic mass is 35.5. The fourth-order valence-corrected chi connectivity index (χ4v) is 4.85. The van der Waals surface area contributed by atoms with Crippen molar-refractivity contribution in [3.05, 3.63) is 106 Å². The van der Waals surface area contributed by atoms with Crippen molar-refractivity contribution in [2.24, 2.45) is 5.73 Å². The molecule has 1 aromatic heterocycles. The van der Waals surface area contributed by atoms with E-state index in [1.165, 1.54) is 6.08 Å². The number of nitrogens with two attached hydrogens (primary N) is 1. The van der Waals surface area contributed by atoms with Crippen LogP contribution in [0.4, 0.5) is 5.69 Å². The maximum absolute atomic E-state index is 12.9. The normalized spacial score (nSPS) is 12.1. The van der Waals surface area contributed by atoms with Gasteiger partial charge < -0.3 is 15.8 Å². The molecule has 0 unspecified atom stereocenters. The Labute approximate surface area is 230 Å². The van der Waals surface area contributed by atoms with Gasteiger partial charge >= 0.3 is 5.97 Å². The lowest BCUT2D eigenvalue weighted by Gasteiger charge is -2.20. The standard InChI is InChI=1S/C30H25ClN4O4/c1-2-39-26(36)16-9-18-7-13-21(14-8-18)35-28-23(27(34-35)29(32)37)15-11-19-10-12-20(17-24(19)28)33-30(38)22-5-3-4-6-25(22)31/h3-10,12-14,16-17H,2,11,15H2,1H3,(H2,32,37)(H,33,38). The summed E-state index contributed by atoms with van der Waals surface area (Å²) in [4.78, 5) is 36.8. The number of esters is 1. The molecule has 0 spiro atoms. The summed E-state index contributed by atoms with van der Waals surface area (Å²) in [6.07, 6.45) is 4.34. The minimum atomic E-state index is -0.606. The van der Waals surface area contributed by atoms with Gasteiger partial charge in [-0.15, -0.1) is 0 Å². The number of halogens is 1. The lowest BCUT2D eigenvalue weighted by Crippen LogP contribution is -2.15. The van der Waals surface area contributed by atoms with E-state index in [4.69, 9.17) is 22.1 Å². The number of fused-ring (bicyclic) bond motifs is 3. The second-order valence-corrected chi connectivity index (χ2v) is 9.34. The number of nitrogens with one attached hydrogen (secondary N) is 1. The first-order valence-corrected chi connectivity index (χ1v) is 12.8. The second kappa shape index (κ2) is 11.0. The van der Waals surface area contributed by atoms with Crippen molar-refractivity contribution in [2.45, 2.75) is 19.8 Å². The number of amides is 2. The molecule has 9 heteroatoms. The van der Waals surface area contributed by atoms with Gasteiger partial charge in [-0.25, -0.2) is 9.48 Å². The van der Waals surface area contributed by atoms with Gasteiger partial charge in [0.2, 0.25) is 0 Å². The number of anilines is 1. The zero-order chi connectivity index (χ0) is 27.5. The van der Waals surface area contributed by atoms with E-state index in [1.54, 1.807) is 41.9 Å². The Bertz CT molecular complexity index is 1620. The average Bonchev–Trinajstić information content (AvgIpc) is 3.33. The lowest BCUT2D eigenvalue weighted by molar-refractivity contribution is -0.137. The Balaban J connectivity index is 1.52. The fraction of sp³-hybridized carbons (Fsp3) is 0.133. The molecule has 0 radical (unpaired) electrons. The maximum atomic E-state index is 12.9. The number of aromatic nitrogens is 2. The van der Waals surface area contributed by atoms with Gasteiger partial charge in [-0.1, -0.05) is 41.9 Å². The van der Waals surface area contributed by atoms with Crippen molar-refractivity contribution >= 4 is 41.1 Å². The molecule has 3 N–H and O–H groups in total. The van der Waals surface area contributed by atoms with E-state index < -0.39 is 11.9 Å². The first-order chi connectivity index (χ1) is 18.9. The molecule has 0 bridgehead atoms. The van der Waals surface area contributed by atoms with E-state index in [1.807, 2.05) is 42.5 Å². The van der Waals surface area contributed by atoms with Crippen LogP contribution in [0.3, 0.4) is 0 Å². The van der Waals surface area contributed by atoms with Gasteiger partial charge in [0.1, 0.15) is 0 Å². The molecule has 2 amide bonds. The number of benzene rings is 3. The van der Waals surface area contributed by atoms with Crippen LogP contribution < -0.4 is 11.1 Å². The van der Waals surface area contributed by atoms with Crippen molar-refractivity contribution in [3.8, 4) is 16.9 Å². The summed E-state index contributed by atoms with van der Waals surface area (Å²) in [5, 5.41) is 7.86. The Morgan fingerprint density at radius 1 is 1.08 bits per heavy atom. The summed E-state index contributed by atoms with van der Waals surface area (Å²) in [7, 11) is 0. The number of primary amides is 1. The minimum absolute atomic E-state index is 0.215. The van der Waals surface area contributed by atoms with Crippen LogP contribution in [-0.2, 0) is 22.4 Å². The van der Waals surface area contributed by atoms with Gasteiger partial charge in [0.15, 0.2) is 5.69 Å². The van der Waals surface area contributed by atoms with Gasteiger partial charge in [-0.2, -0.15) is 5.10 Å². The van der Waals surface area contributed by atoms with E-state index in [2.05, 4.69) is 10.4 Å². The third-order valence-electron chi connectivity index (χ3n) is 6.44. The second-order valence-electron chi connectivity index (χ2n) is 8.93. The number of hydrogen-bond acceptors (Lipinski definition) is 5. The number of ether oxygens (including phenoxy) is 1. The Hall–Kier alpha value is -4.69. The third-order valence-corrected chi connectivity index (χ3v) is 6.77. The lowest BCUT2D eigenvalue weighted by atomic mass is 9.88. The highest BCUT2D eigenvalue weighted by molar-refractivity contribution is 6.34. The third kappa shape index (κ3) is 5.32. The van der Waals surface area contributed by atoms with E-state index in [0.717, 1.165) is 27.9 Å². The Morgan fingerprint density at radius 2 is 1.85 bits per heavy atom. The molecule has 0 aliphatic heterocycles. The zero-order valence-corrected chi connectivity index (χ0v) is 21.9. The van der Waals surface area contributed by atoms with Crippen molar-refractivity contribution in [2.75, 3.05) is 11.9 Å².